The van der Waals surface area contributed by atoms with Gasteiger partial charge in [-0.1, -0.05) is 0 Å². The molecule has 1 atom stereocenters. The molecule has 0 unspecified atom stereocenters. The van der Waals surface area contributed by atoms with Crippen LogP contribution in [-0.4, -0.2) is 44.3 Å². The van der Waals surface area contributed by atoms with Gasteiger partial charge >= 0.3 is 5.97 Å². The van der Waals surface area contributed by atoms with Crippen LogP contribution in [0, 0.1) is 0 Å². The van der Waals surface area contributed by atoms with Crippen LogP contribution in [-0.2, 0) is 11.8 Å². The third kappa shape index (κ3) is 3.13. The summed E-state index contributed by atoms with van der Waals surface area (Å²) in [7, 11) is 1.74. The third-order valence-electron chi connectivity index (χ3n) is 3.62. The molecule has 2 rings (SSSR count). The van der Waals surface area contributed by atoms with Crippen LogP contribution >= 0.6 is 0 Å². The van der Waals surface area contributed by atoms with Crippen LogP contribution in [0.2, 0.25) is 0 Å². The molecule has 0 saturated carbocycles. The average Bonchev–Trinajstić information content (AvgIpc) is 2.82. The summed E-state index contributed by atoms with van der Waals surface area (Å²) in [6, 6.07) is 1.73. The summed E-state index contributed by atoms with van der Waals surface area (Å²) in [5.41, 5.74) is 0.558. The number of likely N-dealkylation sites (tertiary alicyclic amines) is 1. The number of amides is 1. The van der Waals surface area contributed by atoms with Crippen LogP contribution in [0.4, 0.5) is 0 Å². The number of aromatic nitrogens is 2. The lowest BCUT2D eigenvalue weighted by atomic mass is 9.97. The minimum absolute atomic E-state index is 0.0345. The highest BCUT2D eigenvalue weighted by Gasteiger charge is 2.28. The zero-order valence-corrected chi connectivity index (χ0v) is 11.1. The van der Waals surface area contributed by atoms with Gasteiger partial charge in [-0.25, -0.2) is 0 Å². The Morgan fingerprint density at radius 1 is 1.47 bits per heavy atom. The lowest BCUT2D eigenvalue weighted by molar-refractivity contribution is -0.137. The molecule has 1 aliphatic rings. The maximum atomic E-state index is 12.5. The van der Waals surface area contributed by atoms with E-state index >= 15 is 0 Å². The quantitative estimate of drug-likeness (QED) is 0.889. The van der Waals surface area contributed by atoms with E-state index in [0.29, 0.717) is 18.7 Å². The largest absolute Gasteiger partial charge is 0.481 e. The number of carbonyl (C=O) groups excluding carboxylic acids is 1. The number of aliphatic carboxylic acids is 1. The molecule has 19 heavy (non-hydrogen) atoms. The molecule has 0 bridgehead atoms. The summed E-state index contributed by atoms with van der Waals surface area (Å²) >= 11 is 0. The van der Waals surface area contributed by atoms with Crippen molar-refractivity contribution in [1.82, 2.24) is 14.7 Å². The molecule has 1 aromatic heterocycles. The van der Waals surface area contributed by atoms with Crippen molar-refractivity contribution in [2.45, 2.75) is 38.1 Å². The molecule has 0 aliphatic carbocycles. The van der Waals surface area contributed by atoms with Crippen molar-refractivity contribution in [2.24, 2.45) is 7.05 Å². The third-order valence-corrected chi connectivity index (χ3v) is 3.62. The van der Waals surface area contributed by atoms with E-state index in [1.165, 1.54) is 0 Å². The van der Waals surface area contributed by atoms with E-state index < -0.39 is 5.97 Å². The minimum Gasteiger partial charge on any atom is -0.481 e. The van der Waals surface area contributed by atoms with Crippen molar-refractivity contribution < 1.29 is 14.7 Å². The first kappa shape index (κ1) is 13.6. The van der Waals surface area contributed by atoms with E-state index in [-0.39, 0.29) is 18.4 Å². The van der Waals surface area contributed by atoms with Gasteiger partial charge in [-0.15, -0.1) is 0 Å². The molecule has 1 N–H and O–H groups in total. The second kappa shape index (κ2) is 5.86. The molecule has 1 saturated heterocycles. The van der Waals surface area contributed by atoms with Gasteiger partial charge in [-0.2, -0.15) is 5.10 Å². The Morgan fingerprint density at radius 3 is 2.89 bits per heavy atom. The lowest BCUT2D eigenvalue weighted by Crippen LogP contribution is -2.44. The Hall–Kier alpha value is -1.85. The first-order valence-electron chi connectivity index (χ1n) is 6.60. The summed E-state index contributed by atoms with van der Waals surface area (Å²) < 4.78 is 1.56. The fourth-order valence-electron chi connectivity index (χ4n) is 2.59. The summed E-state index contributed by atoms with van der Waals surface area (Å²) in [6.07, 6.45) is 5.16. The zero-order valence-electron chi connectivity index (χ0n) is 11.1. The number of carboxylic acids is 1. The second-order valence-electron chi connectivity index (χ2n) is 4.92. The zero-order chi connectivity index (χ0) is 13.8. The van der Waals surface area contributed by atoms with Crippen LogP contribution in [0.5, 0.6) is 0 Å². The number of rotatable bonds is 4. The molecule has 104 valence electrons. The fourth-order valence-corrected chi connectivity index (χ4v) is 2.59. The summed E-state index contributed by atoms with van der Waals surface area (Å²) in [4.78, 5) is 24.9. The van der Waals surface area contributed by atoms with Crippen molar-refractivity contribution in [1.29, 1.82) is 0 Å². The Balaban J connectivity index is 2.08. The molecule has 1 fully saturated rings. The normalized spacial score (nSPS) is 19.4. The highest BCUT2D eigenvalue weighted by atomic mass is 16.4. The monoisotopic (exact) mass is 265 g/mol. The van der Waals surface area contributed by atoms with Gasteiger partial charge in [0.05, 0.1) is 0 Å². The maximum Gasteiger partial charge on any atom is 0.303 e. The highest BCUT2D eigenvalue weighted by molar-refractivity contribution is 5.92. The SMILES string of the molecule is Cn1nccc1C(=O)N1CCCC[C@H]1CCC(=O)O. The fraction of sp³-hybridized carbons (Fsp3) is 0.615. The predicted molar refractivity (Wildman–Crippen MR) is 68.8 cm³/mol. The standard InChI is InChI=1S/C13H19N3O3/c1-15-11(7-8-14-15)13(19)16-9-3-2-4-10(16)5-6-12(17)18/h7-8,10H,2-6,9H2,1H3,(H,17,18)/t10-/m0/s1. The molecule has 0 radical (unpaired) electrons. The number of carboxylic acid groups (broad SMARTS) is 1. The van der Waals surface area contributed by atoms with Gasteiger partial charge in [-0.05, 0) is 31.7 Å². The first-order chi connectivity index (χ1) is 9.09. The van der Waals surface area contributed by atoms with E-state index in [0.717, 1.165) is 19.3 Å². The molecule has 1 amide bonds. The van der Waals surface area contributed by atoms with Crippen molar-refractivity contribution in [3.63, 3.8) is 0 Å². The number of hydrogen-bond donors (Lipinski definition) is 1. The molecule has 6 heteroatoms. The Kier molecular flexibility index (Phi) is 4.19. The van der Waals surface area contributed by atoms with E-state index in [9.17, 15) is 9.59 Å². The molecule has 2 heterocycles. The Morgan fingerprint density at radius 2 is 2.26 bits per heavy atom. The lowest BCUT2D eigenvalue weighted by Gasteiger charge is -2.35. The van der Waals surface area contributed by atoms with Crippen LogP contribution in [0.3, 0.4) is 0 Å². The molecular formula is C13H19N3O3. The number of carbonyl (C=O) groups is 2. The van der Waals surface area contributed by atoms with Crippen molar-refractivity contribution in [2.75, 3.05) is 6.54 Å². The summed E-state index contributed by atoms with van der Waals surface area (Å²) in [5, 5.41) is 12.8. The van der Waals surface area contributed by atoms with Crippen LogP contribution in [0.1, 0.15) is 42.6 Å². The van der Waals surface area contributed by atoms with E-state index in [2.05, 4.69) is 5.10 Å². The Labute approximate surface area is 112 Å². The number of hydrogen-bond acceptors (Lipinski definition) is 3. The van der Waals surface area contributed by atoms with E-state index in [1.807, 2.05) is 4.90 Å². The van der Waals surface area contributed by atoms with Gasteiger partial charge in [0.2, 0.25) is 0 Å². The first-order valence-corrected chi connectivity index (χ1v) is 6.60. The van der Waals surface area contributed by atoms with Gasteiger partial charge in [0.25, 0.3) is 5.91 Å². The van der Waals surface area contributed by atoms with E-state index in [4.69, 9.17) is 5.11 Å². The predicted octanol–water partition coefficient (Wildman–Crippen LogP) is 1.28. The molecule has 0 aromatic carbocycles. The topological polar surface area (TPSA) is 75.4 Å². The average molecular weight is 265 g/mol. The van der Waals surface area contributed by atoms with Crippen molar-refractivity contribution in [3.05, 3.63) is 18.0 Å². The highest BCUT2D eigenvalue weighted by Crippen LogP contribution is 2.22. The number of nitrogens with zero attached hydrogens (tertiary/aromatic N) is 3. The minimum atomic E-state index is -0.807. The smallest absolute Gasteiger partial charge is 0.303 e. The molecule has 1 aromatic rings. The van der Waals surface area contributed by atoms with Gasteiger partial charge in [-0.3, -0.25) is 14.3 Å². The summed E-state index contributed by atoms with van der Waals surface area (Å²) in [6.45, 7) is 0.703. The van der Waals surface area contributed by atoms with Crippen LogP contribution in [0.25, 0.3) is 0 Å². The van der Waals surface area contributed by atoms with E-state index in [1.54, 1.807) is 24.0 Å². The van der Waals surface area contributed by atoms with Crippen molar-refractivity contribution >= 4 is 11.9 Å². The van der Waals surface area contributed by atoms with Crippen LogP contribution in [0.15, 0.2) is 12.3 Å². The number of piperidine rings is 1. The van der Waals surface area contributed by atoms with Gasteiger partial charge in [0, 0.05) is 32.3 Å². The Bertz CT molecular complexity index is 469. The molecule has 1 aliphatic heterocycles. The molecule has 6 nitrogen and oxygen atoms in total. The molecule has 0 spiro atoms. The second-order valence-corrected chi connectivity index (χ2v) is 4.92. The maximum absolute atomic E-state index is 12.5. The summed E-state index contributed by atoms with van der Waals surface area (Å²) in [5.74, 6) is -0.853. The van der Waals surface area contributed by atoms with Crippen LogP contribution < -0.4 is 0 Å². The van der Waals surface area contributed by atoms with Gasteiger partial charge in [0.15, 0.2) is 0 Å². The van der Waals surface area contributed by atoms with Gasteiger partial charge < -0.3 is 10.0 Å². The van der Waals surface area contributed by atoms with Crippen molar-refractivity contribution in [3.8, 4) is 0 Å². The molecular weight excluding hydrogens is 246 g/mol. The van der Waals surface area contributed by atoms with Gasteiger partial charge in [0.1, 0.15) is 5.69 Å². The number of aryl methyl sites for hydroxylation is 1.